The van der Waals surface area contributed by atoms with Crippen molar-refractivity contribution in [1.82, 2.24) is 4.72 Å². The zero-order valence-corrected chi connectivity index (χ0v) is 13.1. The van der Waals surface area contributed by atoms with Crippen LogP contribution in [0.3, 0.4) is 0 Å². The second-order valence-electron chi connectivity index (χ2n) is 5.76. The van der Waals surface area contributed by atoms with Crippen LogP contribution in [-0.2, 0) is 10.0 Å². The molecule has 108 valence electrons. The summed E-state index contributed by atoms with van der Waals surface area (Å²) in [6.07, 6.45) is 0. The minimum absolute atomic E-state index is 0.114. The Morgan fingerprint density at radius 3 is 2.11 bits per heavy atom. The number of sulfonamides is 1. The van der Waals surface area contributed by atoms with Crippen molar-refractivity contribution in [3.8, 4) is 0 Å². The Morgan fingerprint density at radius 1 is 1.16 bits per heavy atom. The Balaban J connectivity index is 2.89. The van der Waals surface area contributed by atoms with Gasteiger partial charge in [-0.05, 0) is 43.5 Å². The summed E-state index contributed by atoms with van der Waals surface area (Å²) in [6, 6.07) is 6.66. The summed E-state index contributed by atoms with van der Waals surface area (Å²) in [4.78, 5) is 0.297. The first-order valence-electron chi connectivity index (χ1n) is 6.53. The summed E-state index contributed by atoms with van der Waals surface area (Å²) < 4.78 is 27.2. The highest BCUT2D eigenvalue weighted by molar-refractivity contribution is 7.89. The molecule has 1 atom stereocenters. The molecule has 1 rings (SSSR count). The monoisotopic (exact) mass is 284 g/mol. The van der Waals surface area contributed by atoms with Crippen molar-refractivity contribution >= 4 is 15.7 Å². The van der Waals surface area contributed by atoms with Crippen LogP contribution in [-0.4, -0.2) is 21.0 Å². The molecule has 0 aliphatic carbocycles. The summed E-state index contributed by atoms with van der Waals surface area (Å²) in [5.41, 5.74) is 0.807. The highest BCUT2D eigenvalue weighted by Crippen LogP contribution is 2.21. The van der Waals surface area contributed by atoms with Crippen LogP contribution in [0, 0.1) is 5.41 Å². The fourth-order valence-corrected chi connectivity index (χ4v) is 2.88. The molecule has 19 heavy (non-hydrogen) atoms. The zero-order chi connectivity index (χ0) is 14.7. The number of hydrogen-bond acceptors (Lipinski definition) is 3. The van der Waals surface area contributed by atoms with E-state index in [4.69, 9.17) is 0 Å². The first kappa shape index (κ1) is 16.0. The van der Waals surface area contributed by atoms with Crippen molar-refractivity contribution < 1.29 is 8.42 Å². The SMILES string of the molecule is CCNc1ccc(S(=O)(=O)NC(C)C(C)(C)C)cc1. The molecule has 0 saturated heterocycles. The van der Waals surface area contributed by atoms with E-state index < -0.39 is 10.0 Å². The van der Waals surface area contributed by atoms with E-state index in [0.717, 1.165) is 12.2 Å². The van der Waals surface area contributed by atoms with E-state index in [1.54, 1.807) is 24.3 Å². The van der Waals surface area contributed by atoms with Crippen LogP contribution in [0.4, 0.5) is 5.69 Å². The number of anilines is 1. The lowest BCUT2D eigenvalue weighted by Gasteiger charge is -2.27. The largest absolute Gasteiger partial charge is 0.385 e. The van der Waals surface area contributed by atoms with Crippen molar-refractivity contribution in [3.05, 3.63) is 24.3 Å². The number of rotatable bonds is 5. The van der Waals surface area contributed by atoms with E-state index >= 15 is 0 Å². The third-order valence-electron chi connectivity index (χ3n) is 3.18. The van der Waals surface area contributed by atoms with Gasteiger partial charge in [0.05, 0.1) is 4.90 Å². The van der Waals surface area contributed by atoms with Gasteiger partial charge in [0.1, 0.15) is 0 Å². The smallest absolute Gasteiger partial charge is 0.240 e. The maximum Gasteiger partial charge on any atom is 0.240 e. The van der Waals surface area contributed by atoms with Crippen LogP contribution in [0.2, 0.25) is 0 Å². The molecular weight excluding hydrogens is 260 g/mol. The van der Waals surface area contributed by atoms with Gasteiger partial charge in [-0.3, -0.25) is 0 Å². The molecule has 1 aromatic carbocycles. The Labute approximate surface area is 116 Å². The summed E-state index contributed by atoms with van der Waals surface area (Å²) in [5.74, 6) is 0. The van der Waals surface area contributed by atoms with Crippen LogP contribution in [0.15, 0.2) is 29.2 Å². The third kappa shape index (κ3) is 4.51. The third-order valence-corrected chi connectivity index (χ3v) is 4.73. The van der Waals surface area contributed by atoms with Crippen LogP contribution in [0.1, 0.15) is 34.6 Å². The average molecular weight is 284 g/mol. The molecule has 0 saturated carbocycles. The molecule has 0 heterocycles. The van der Waals surface area contributed by atoms with Gasteiger partial charge in [0.15, 0.2) is 0 Å². The second-order valence-corrected chi connectivity index (χ2v) is 7.48. The van der Waals surface area contributed by atoms with Crippen LogP contribution in [0.25, 0.3) is 0 Å². The standard InChI is InChI=1S/C14H24N2O2S/c1-6-15-12-7-9-13(10-8-12)19(17,18)16-11(2)14(3,4)5/h7-11,15-16H,6H2,1-5H3. The fourth-order valence-electron chi connectivity index (χ4n) is 1.43. The minimum atomic E-state index is -3.45. The van der Waals surface area contributed by atoms with Gasteiger partial charge < -0.3 is 5.32 Å². The maximum atomic E-state index is 12.2. The van der Waals surface area contributed by atoms with Crippen LogP contribution in [0.5, 0.6) is 0 Å². The minimum Gasteiger partial charge on any atom is -0.385 e. The van der Waals surface area contributed by atoms with Crippen LogP contribution >= 0.6 is 0 Å². The molecular formula is C14H24N2O2S. The molecule has 1 aromatic rings. The van der Waals surface area contributed by atoms with Gasteiger partial charge in [0.2, 0.25) is 10.0 Å². The van der Waals surface area contributed by atoms with Gasteiger partial charge in [0.25, 0.3) is 0 Å². The Bertz CT molecular complexity index is 501. The molecule has 5 heteroatoms. The predicted octanol–water partition coefficient (Wildman–Crippen LogP) is 2.83. The first-order chi connectivity index (χ1) is 8.66. The Kier molecular flexibility index (Phi) is 4.98. The fraction of sp³-hybridized carbons (Fsp3) is 0.571. The van der Waals surface area contributed by atoms with Crippen molar-refractivity contribution in [2.45, 2.75) is 45.6 Å². The average Bonchev–Trinajstić information content (AvgIpc) is 2.28. The Hall–Kier alpha value is -1.07. The lowest BCUT2D eigenvalue weighted by atomic mass is 9.89. The summed E-state index contributed by atoms with van der Waals surface area (Å²) >= 11 is 0. The van der Waals surface area contributed by atoms with Gasteiger partial charge in [-0.25, -0.2) is 13.1 Å². The number of benzene rings is 1. The molecule has 0 aromatic heterocycles. The van der Waals surface area contributed by atoms with Crippen molar-refractivity contribution in [2.24, 2.45) is 5.41 Å². The molecule has 2 N–H and O–H groups in total. The molecule has 0 aliphatic rings. The van der Waals surface area contributed by atoms with Crippen molar-refractivity contribution in [3.63, 3.8) is 0 Å². The van der Waals surface area contributed by atoms with Gasteiger partial charge >= 0.3 is 0 Å². The van der Waals surface area contributed by atoms with Gasteiger partial charge in [-0.1, -0.05) is 20.8 Å². The summed E-state index contributed by atoms with van der Waals surface area (Å²) in [6.45, 7) is 10.7. The van der Waals surface area contributed by atoms with E-state index in [9.17, 15) is 8.42 Å². The molecule has 0 fully saturated rings. The van der Waals surface area contributed by atoms with Crippen molar-refractivity contribution in [1.29, 1.82) is 0 Å². The lowest BCUT2D eigenvalue weighted by molar-refractivity contribution is 0.317. The molecule has 0 radical (unpaired) electrons. The Morgan fingerprint density at radius 2 is 1.68 bits per heavy atom. The quantitative estimate of drug-likeness (QED) is 0.874. The second kappa shape index (κ2) is 5.92. The molecule has 0 amide bonds. The van der Waals surface area contributed by atoms with E-state index in [1.807, 2.05) is 34.6 Å². The molecule has 0 aliphatic heterocycles. The molecule has 0 spiro atoms. The summed E-state index contributed by atoms with van der Waals surface area (Å²) in [5, 5.41) is 3.14. The van der Waals surface area contributed by atoms with Gasteiger partial charge in [-0.2, -0.15) is 0 Å². The molecule has 0 bridgehead atoms. The highest BCUT2D eigenvalue weighted by atomic mass is 32.2. The van der Waals surface area contributed by atoms with Crippen LogP contribution < -0.4 is 10.0 Å². The number of nitrogens with one attached hydrogen (secondary N) is 2. The first-order valence-corrected chi connectivity index (χ1v) is 8.01. The van der Waals surface area contributed by atoms with Gasteiger partial charge in [0, 0.05) is 18.3 Å². The van der Waals surface area contributed by atoms with Gasteiger partial charge in [-0.15, -0.1) is 0 Å². The van der Waals surface area contributed by atoms with E-state index in [0.29, 0.717) is 4.90 Å². The summed E-state index contributed by atoms with van der Waals surface area (Å²) in [7, 11) is -3.45. The molecule has 1 unspecified atom stereocenters. The van der Waals surface area contributed by atoms with E-state index in [1.165, 1.54) is 0 Å². The maximum absolute atomic E-state index is 12.2. The van der Waals surface area contributed by atoms with Crippen molar-refractivity contribution in [2.75, 3.05) is 11.9 Å². The lowest BCUT2D eigenvalue weighted by Crippen LogP contribution is -2.41. The highest BCUT2D eigenvalue weighted by Gasteiger charge is 2.25. The zero-order valence-electron chi connectivity index (χ0n) is 12.3. The topological polar surface area (TPSA) is 58.2 Å². The normalized spacial score (nSPS) is 14.2. The number of hydrogen-bond donors (Lipinski definition) is 2. The van der Waals surface area contributed by atoms with E-state index in [2.05, 4.69) is 10.0 Å². The molecule has 4 nitrogen and oxygen atoms in total. The van der Waals surface area contributed by atoms with E-state index in [-0.39, 0.29) is 11.5 Å². The predicted molar refractivity (Wildman–Crippen MR) is 79.8 cm³/mol.